The number of rotatable bonds is 3. The molecular weight excluding hydrogens is 555 g/mol. The summed E-state index contributed by atoms with van der Waals surface area (Å²) in [5, 5.41) is 21.2. The van der Waals surface area contributed by atoms with Gasteiger partial charge in [-0.1, -0.05) is 72.8 Å². The van der Waals surface area contributed by atoms with Crippen molar-refractivity contribution in [3.05, 3.63) is 114 Å². The molecule has 7 rings (SSSR count). The Morgan fingerprint density at radius 3 is 1.93 bits per heavy atom. The van der Waals surface area contributed by atoms with Crippen molar-refractivity contribution in [3.8, 4) is 45.6 Å². The zero-order valence-electron chi connectivity index (χ0n) is 21.4. The van der Waals surface area contributed by atoms with Crippen LogP contribution in [0.3, 0.4) is 0 Å². The molecule has 0 aliphatic carbocycles. The molecule has 5 nitrogen and oxygen atoms in total. The topological polar surface area (TPSA) is 86.2 Å². The number of nitriles is 2. The van der Waals surface area contributed by atoms with E-state index in [1.54, 1.807) is 12.1 Å². The molecule has 0 atom stereocenters. The monoisotopic (exact) mass is 569 g/mol. The van der Waals surface area contributed by atoms with Gasteiger partial charge in [0.15, 0.2) is 17.5 Å². The van der Waals surface area contributed by atoms with Gasteiger partial charge in [-0.3, -0.25) is 0 Å². The Hall–Kier alpha value is -5.64. The molecule has 2 heterocycles. The van der Waals surface area contributed by atoms with E-state index in [0.717, 1.165) is 50.2 Å². The Morgan fingerprint density at radius 2 is 1.24 bits per heavy atom. The van der Waals surface area contributed by atoms with Crippen LogP contribution in [0.4, 0.5) is 13.2 Å². The van der Waals surface area contributed by atoms with Crippen LogP contribution in [0, 0.1) is 40.1 Å². The van der Waals surface area contributed by atoms with Crippen molar-refractivity contribution in [2.75, 3.05) is 0 Å². The molecule has 0 unspecified atom stereocenters. The third kappa shape index (κ3) is 3.72. The number of benzene rings is 5. The molecule has 5 aromatic carbocycles. The van der Waals surface area contributed by atoms with Gasteiger partial charge in [0, 0.05) is 27.3 Å². The minimum Gasteiger partial charge on any atom is -0.247 e. The van der Waals surface area contributed by atoms with Gasteiger partial charge in [-0.15, -0.1) is 0 Å². The molecule has 0 saturated carbocycles. The summed E-state index contributed by atoms with van der Waals surface area (Å²) < 4.78 is 53.7. The van der Waals surface area contributed by atoms with Gasteiger partial charge in [-0.25, -0.2) is 18.2 Å². The first-order valence-electron chi connectivity index (χ1n) is 12.7. The number of fused-ring (bicyclic) bond motifs is 5. The van der Waals surface area contributed by atoms with Crippen molar-refractivity contribution < 1.29 is 13.2 Å². The molecule has 0 spiro atoms. The van der Waals surface area contributed by atoms with Crippen LogP contribution in [-0.2, 0) is 0 Å². The fourth-order valence-corrected chi connectivity index (χ4v) is 5.90. The van der Waals surface area contributed by atoms with Crippen molar-refractivity contribution in [3.63, 3.8) is 0 Å². The van der Waals surface area contributed by atoms with Crippen LogP contribution in [0.1, 0.15) is 11.1 Å². The van der Waals surface area contributed by atoms with Crippen LogP contribution in [-0.4, -0.2) is 13.7 Å². The summed E-state index contributed by atoms with van der Waals surface area (Å²) in [6.07, 6.45) is 0. The second kappa shape index (κ2) is 9.77. The molecule has 198 valence electrons. The number of hydrogen-bond donors (Lipinski definition) is 0. The lowest BCUT2D eigenvalue weighted by Gasteiger charge is -2.14. The molecule has 0 aliphatic rings. The van der Waals surface area contributed by atoms with Gasteiger partial charge in [0.05, 0.1) is 28.5 Å². The predicted molar refractivity (Wildman–Crippen MR) is 156 cm³/mol. The number of hydrogen-bond acceptors (Lipinski definition) is 6. The van der Waals surface area contributed by atoms with Crippen LogP contribution in [0.15, 0.2) is 84.9 Å². The minimum atomic E-state index is -1.51. The van der Waals surface area contributed by atoms with Crippen LogP contribution in [0.5, 0.6) is 0 Å². The van der Waals surface area contributed by atoms with E-state index in [0.29, 0.717) is 16.6 Å². The molecule has 9 heteroatoms. The lowest BCUT2D eigenvalue weighted by molar-refractivity contribution is 0.539. The van der Waals surface area contributed by atoms with Gasteiger partial charge in [0.2, 0.25) is 0 Å². The summed E-state index contributed by atoms with van der Waals surface area (Å²) in [5.74, 6) is -4.23. The van der Waals surface area contributed by atoms with E-state index < -0.39 is 34.1 Å². The fraction of sp³-hybridized carbons (Fsp3) is 0. The Balaban J connectivity index is 1.48. The molecule has 0 saturated heterocycles. The van der Waals surface area contributed by atoms with Crippen LogP contribution in [0.25, 0.3) is 66.2 Å². The first-order valence-corrected chi connectivity index (χ1v) is 13.4. The maximum absolute atomic E-state index is 15.1. The molecule has 0 fully saturated rings. The Morgan fingerprint density at radius 1 is 0.619 bits per heavy atom. The molecule has 0 N–H and O–H groups in total. The second-order valence-electron chi connectivity index (χ2n) is 9.52. The third-order valence-electron chi connectivity index (χ3n) is 7.27. The maximum atomic E-state index is 15.1. The first kappa shape index (κ1) is 25.3. The van der Waals surface area contributed by atoms with Crippen molar-refractivity contribution in [2.45, 2.75) is 0 Å². The van der Waals surface area contributed by atoms with E-state index in [2.05, 4.69) is 8.75 Å². The van der Waals surface area contributed by atoms with E-state index in [4.69, 9.17) is 4.98 Å². The molecular formula is C33H14F3N5S. The average Bonchev–Trinajstić information content (AvgIpc) is 3.51. The second-order valence-corrected chi connectivity index (χ2v) is 10.0. The Labute approximate surface area is 240 Å². The number of aromatic nitrogens is 3. The third-order valence-corrected chi connectivity index (χ3v) is 7.80. The number of nitrogens with zero attached hydrogens (tertiary/aromatic N) is 5. The van der Waals surface area contributed by atoms with Crippen molar-refractivity contribution in [2.24, 2.45) is 0 Å². The van der Waals surface area contributed by atoms with E-state index in [1.807, 2.05) is 60.7 Å². The normalized spacial score (nSPS) is 11.2. The molecule has 7 aromatic rings. The maximum Gasteiger partial charge on any atom is 0.164 e. The van der Waals surface area contributed by atoms with Crippen LogP contribution < -0.4 is 0 Å². The van der Waals surface area contributed by atoms with Gasteiger partial charge in [0.25, 0.3) is 0 Å². The summed E-state index contributed by atoms with van der Waals surface area (Å²) in [4.78, 5) is 5.00. The largest absolute Gasteiger partial charge is 0.247 e. The van der Waals surface area contributed by atoms with Crippen LogP contribution in [0.2, 0.25) is 0 Å². The lowest BCUT2D eigenvalue weighted by Crippen LogP contribution is -2.03. The van der Waals surface area contributed by atoms with Gasteiger partial charge in [-0.2, -0.15) is 19.3 Å². The molecule has 2 aromatic heterocycles. The van der Waals surface area contributed by atoms with E-state index in [1.165, 1.54) is 24.3 Å². The first-order chi connectivity index (χ1) is 20.5. The smallest absolute Gasteiger partial charge is 0.164 e. The Bertz CT molecular complexity index is 2260. The minimum absolute atomic E-state index is 0.0489. The molecule has 0 bridgehead atoms. The standard InChI is InChI=1S/C33H14F3N5S/c34-28-23(15-37)29(35)26(30(36)24(28)16-38)18-12-10-17(11-13-18)21-14-22-27(33-32(21)40-42-41-33)20-8-4-5-9-25(20)39-31(22)19-6-2-1-3-7-19/h1-14H. The highest BCUT2D eigenvalue weighted by Gasteiger charge is 2.26. The van der Waals surface area contributed by atoms with Gasteiger partial charge >= 0.3 is 0 Å². The zero-order valence-corrected chi connectivity index (χ0v) is 22.2. The SMILES string of the molecule is N#Cc1c(F)c(C#N)c(F)c(-c2ccc(-c3cc4c(-c5ccccc5)nc5ccccc5c4c4nsnc34)cc2)c1F. The molecule has 0 aliphatic heterocycles. The number of halogens is 3. The summed E-state index contributed by atoms with van der Waals surface area (Å²) in [7, 11) is 0. The van der Waals surface area contributed by atoms with Crippen molar-refractivity contribution in [1.82, 2.24) is 13.7 Å². The molecule has 42 heavy (non-hydrogen) atoms. The fourth-order valence-electron chi connectivity index (χ4n) is 5.33. The highest BCUT2D eigenvalue weighted by Crippen LogP contribution is 2.41. The number of para-hydroxylation sites is 1. The van der Waals surface area contributed by atoms with Crippen molar-refractivity contribution in [1.29, 1.82) is 10.5 Å². The Kier molecular flexibility index (Phi) is 5.89. The summed E-state index contributed by atoms with van der Waals surface area (Å²) >= 11 is 1.08. The number of pyridine rings is 1. The van der Waals surface area contributed by atoms with E-state index in [-0.39, 0.29) is 5.56 Å². The predicted octanol–water partition coefficient (Wildman–Crippen LogP) is 8.55. The van der Waals surface area contributed by atoms with Crippen molar-refractivity contribution >= 4 is 44.4 Å². The lowest BCUT2D eigenvalue weighted by atomic mass is 9.92. The van der Waals surface area contributed by atoms with Gasteiger partial charge in [0.1, 0.15) is 34.3 Å². The van der Waals surface area contributed by atoms with Gasteiger partial charge < -0.3 is 0 Å². The summed E-state index contributed by atoms with van der Waals surface area (Å²) in [5.41, 5.74) is 2.72. The van der Waals surface area contributed by atoms with E-state index >= 15 is 8.78 Å². The summed E-state index contributed by atoms with van der Waals surface area (Å²) in [6, 6.07) is 28.7. The average molecular weight is 570 g/mol. The van der Waals surface area contributed by atoms with E-state index in [9.17, 15) is 14.9 Å². The summed E-state index contributed by atoms with van der Waals surface area (Å²) in [6.45, 7) is 0. The quantitative estimate of drug-likeness (QED) is 0.199. The molecule has 0 radical (unpaired) electrons. The van der Waals surface area contributed by atoms with Gasteiger partial charge in [-0.05, 0) is 23.3 Å². The highest BCUT2D eigenvalue weighted by atomic mass is 32.1. The molecule has 0 amide bonds. The van der Waals surface area contributed by atoms with Crippen LogP contribution >= 0.6 is 11.7 Å². The highest BCUT2D eigenvalue weighted by molar-refractivity contribution is 7.00. The zero-order chi connectivity index (χ0) is 29.0.